The van der Waals surface area contributed by atoms with Gasteiger partial charge in [0.05, 0.1) is 0 Å². The van der Waals surface area contributed by atoms with Gasteiger partial charge in [-0.3, -0.25) is 0 Å². The van der Waals surface area contributed by atoms with Gasteiger partial charge in [0.15, 0.2) is 0 Å². The Hall–Kier alpha value is -2.14. The van der Waals surface area contributed by atoms with Gasteiger partial charge in [0.25, 0.3) is 0 Å². The monoisotopic (exact) mass is 272 g/mol. The van der Waals surface area contributed by atoms with Gasteiger partial charge in [-0.05, 0) is 31.5 Å². The number of rotatable bonds is 7. The number of ether oxygens (including phenoxy) is 1. The Morgan fingerprint density at radius 2 is 1.95 bits per heavy atom. The van der Waals surface area contributed by atoms with Gasteiger partial charge in [-0.25, -0.2) is 4.98 Å². The van der Waals surface area contributed by atoms with E-state index in [1.54, 1.807) is 13.3 Å². The summed E-state index contributed by atoms with van der Waals surface area (Å²) in [4.78, 5) is 8.60. The van der Waals surface area contributed by atoms with Crippen LogP contribution in [0.3, 0.4) is 0 Å². The minimum Gasteiger partial charge on any atom is -0.385 e. The van der Waals surface area contributed by atoms with Crippen molar-refractivity contribution in [2.75, 3.05) is 30.9 Å². The number of benzene rings is 1. The predicted molar refractivity (Wildman–Crippen MR) is 81.5 cm³/mol. The molecule has 0 aliphatic rings. The summed E-state index contributed by atoms with van der Waals surface area (Å²) in [5.41, 5.74) is 2.25. The van der Waals surface area contributed by atoms with Gasteiger partial charge >= 0.3 is 0 Å². The normalized spacial score (nSPS) is 10.3. The number of aromatic nitrogens is 2. The average Bonchev–Trinajstić information content (AvgIpc) is 2.47. The summed E-state index contributed by atoms with van der Waals surface area (Å²) in [7, 11) is 1.70. The van der Waals surface area contributed by atoms with Crippen LogP contribution < -0.4 is 10.6 Å². The van der Waals surface area contributed by atoms with E-state index >= 15 is 0 Å². The van der Waals surface area contributed by atoms with Gasteiger partial charge in [-0.1, -0.05) is 17.7 Å². The Balaban J connectivity index is 1.93. The summed E-state index contributed by atoms with van der Waals surface area (Å²) in [6.45, 7) is 3.59. The molecule has 2 rings (SSSR count). The zero-order valence-electron chi connectivity index (χ0n) is 11.9. The molecule has 0 bridgehead atoms. The van der Waals surface area contributed by atoms with Crippen LogP contribution in [0.15, 0.2) is 36.5 Å². The Morgan fingerprint density at radius 1 is 1.15 bits per heavy atom. The van der Waals surface area contributed by atoms with E-state index in [-0.39, 0.29) is 0 Å². The number of nitrogens with zero attached hydrogens (tertiary/aromatic N) is 2. The van der Waals surface area contributed by atoms with E-state index in [0.29, 0.717) is 5.95 Å². The highest BCUT2D eigenvalue weighted by atomic mass is 16.5. The lowest BCUT2D eigenvalue weighted by molar-refractivity contribution is 0.197. The molecule has 106 valence electrons. The molecule has 1 aromatic carbocycles. The van der Waals surface area contributed by atoms with E-state index in [1.165, 1.54) is 5.56 Å². The van der Waals surface area contributed by atoms with Crippen molar-refractivity contribution in [1.82, 2.24) is 9.97 Å². The second-order valence-electron chi connectivity index (χ2n) is 4.53. The summed E-state index contributed by atoms with van der Waals surface area (Å²) in [5, 5.41) is 6.43. The third-order valence-electron chi connectivity index (χ3n) is 2.79. The molecule has 1 aromatic heterocycles. The van der Waals surface area contributed by atoms with Gasteiger partial charge < -0.3 is 15.4 Å². The van der Waals surface area contributed by atoms with Gasteiger partial charge in [-0.2, -0.15) is 4.98 Å². The standard InChI is InChI=1S/C15H20N4O/c1-12-4-6-13(7-5-12)18-14-8-10-17-15(19-14)16-9-3-11-20-2/h4-8,10H,3,9,11H2,1-2H3,(H2,16,17,18,19). The zero-order chi connectivity index (χ0) is 14.2. The number of aryl methyl sites for hydroxylation is 1. The highest BCUT2D eigenvalue weighted by Crippen LogP contribution is 2.15. The highest BCUT2D eigenvalue weighted by molar-refractivity contribution is 5.57. The van der Waals surface area contributed by atoms with Crippen LogP contribution in [0.2, 0.25) is 0 Å². The largest absolute Gasteiger partial charge is 0.385 e. The number of hydrogen-bond donors (Lipinski definition) is 2. The molecule has 2 N–H and O–H groups in total. The molecule has 0 saturated carbocycles. The predicted octanol–water partition coefficient (Wildman–Crippen LogP) is 2.98. The third kappa shape index (κ3) is 4.51. The molecular formula is C15H20N4O. The van der Waals surface area contributed by atoms with Crippen molar-refractivity contribution in [3.05, 3.63) is 42.1 Å². The van der Waals surface area contributed by atoms with Crippen molar-refractivity contribution < 1.29 is 4.74 Å². The number of anilines is 3. The lowest BCUT2D eigenvalue weighted by Gasteiger charge is -2.08. The summed E-state index contributed by atoms with van der Waals surface area (Å²) < 4.78 is 5.00. The molecule has 0 amide bonds. The van der Waals surface area contributed by atoms with E-state index in [1.807, 2.05) is 18.2 Å². The smallest absolute Gasteiger partial charge is 0.224 e. The zero-order valence-corrected chi connectivity index (χ0v) is 11.9. The molecule has 0 saturated heterocycles. The molecular weight excluding hydrogens is 252 g/mol. The molecule has 20 heavy (non-hydrogen) atoms. The van der Waals surface area contributed by atoms with Crippen LogP contribution in [0.25, 0.3) is 0 Å². The van der Waals surface area contributed by atoms with E-state index in [0.717, 1.165) is 31.1 Å². The van der Waals surface area contributed by atoms with Crippen molar-refractivity contribution in [2.45, 2.75) is 13.3 Å². The van der Waals surface area contributed by atoms with Crippen molar-refractivity contribution in [1.29, 1.82) is 0 Å². The van der Waals surface area contributed by atoms with Crippen molar-refractivity contribution in [3.63, 3.8) is 0 Å². The van der Waals surface area contributed by atoms with Crippen LogP contribution in [-0.2, 0) is 4.74 Å². The fraction of sp³-hybridized carbons (Fsp3) is 0.333. The minimum atomic E-state index is 0.623. The molecule has 0 fully saturated rings. The Bertz CT molecular complexity index is 528. The molecule has 2 aromatic rings. The van der Waals surface area contributed by atoms with Crippen LogP contribution in [0.5, 0.6) is 0 Å². The molecule has 0 radical (unpaired) electrons. The van der Waals surface area contributed by atoms with E-state index < -0.39 is 0 Å². The SMILES string of the molecule is COCCCNc1nccc(Nc2ccc(C)cc2)n1. The number of nitrogens with one attached hydrogen (secondary N) is 2. The molecule has 0 aliphatic carbocycles. The highest BCUT2D eigenvalue weighted by Gasteiger charge is 1.99. The second kappa shape index (κ2) is 7.45. The summed E-state index contributed by atoms with van der Waals surface area (Å²) >= 11 is 0. The maximum absolute atomic E-state index is 5.00. The molecule has 5 nitrogen and oxygen atoms in total. The first kappa shape index (κ1) is 14.3. The fourth-order valence-electron chi connectivity index (χ4n) is 1.71. The van der Waals surface area contributed by atoms with Gasteiger partial charge in [-0.15, -0.1) is 0 Å². The van der Waals surface area contributed by atoms with Crippen molar-refractivity contribution in [2.24, 2.45) is 0 Å². The third-order valence-corrected chi connectivity index (χ3v) is 2.79. The molecule has 0 unspecified atom stereocenters. The molecule has 0 atom stereocenters. The lowest BCUT2D eigenvalue weighted by Crippen LogP contribution is -2.08. The number of methoxy groups -OCH3 is 1. The van der Waals surface area contributed by atoms with E-state index in [9.17, 15) is 0 Å². The number of hydrogen-bond acceptors (Lipinski definition) is 5. The first-order valence-electron chi connectivity index (χ1n) is 6.67. The molecule has 0 spiro atoms. The topological polar surface area (TPSA) is 59.1 Å². The van der Waals surface area contributed by atoms with Crippen molar-refractivity contribution >= 4 is 17.5 Å². The summed E-state index contributed by atoms with van der Waals surface area (Å²) in [6, 6.07) is 10.0. The molecule has 0 aliphatic heterocycles. The van der Waals surface area contributed by atoms with Crippen LogP contribution in [-0.4, -0.2) is 30.2 Å². The maximum atomic E-state index is 5.00. The lowest BCUT2D eigenvalue weighted by atomic mass is 10.2. The first-order valence-corrected chi connectivity index (χ1v) is 6.67. The molecule has 1 heterocycles. The Kier molecular flexibility index (Phi) is 5.32. The van der Waals surface area contributed by atoms with Crippen molar-refractivity contribution in [3.8, 4) is 0 Å². The second-order valence-corrected chi connectivity index (χ2v) is 4.53. The van der Waals surface area contributed by atoms with Crippen LogP contribution in [0.4, 0.5) is 17.5 Å². The minimum absolute atomic E-state index is 0.623. The van der Waals surface area contributed by atoms with Gasteiger partial charge in [0, 0.05) is 32.1 Å². The van der Waals surface area contributed by atoms with E-state index in [4.69, 9.17) is 4.74 Å². The molecule has 5 heteroatoms. The summed E-state index contributed by atoms with van der Waals surface area (Å²) in [5.74, 6) is 1.40. The Labute approximate surface area is 119 Å². The maximum Gasteiger partial charge on any atom is 0.224 e. The summed E-state index contributed by atoms with van der Waals surface area (Å²) in [6.07, 6.45) is 2.66. The van der Waals surface area contributed by atoms with Crippen LogP contribution in [0, 0.1) is 6.92 Å². The fourth-order valence-corrected chi connectivity index (χ4v) is 1.71. The van der Waals surface area contributed by atoms with Gasteiger partial charge in [0.1, 0.15) is 5.82 Å². The quantitative estimate of drug-likeness (QED) is 0.759. The van der Waals surface area contributed by atoms with Gasteiger partial charge in [0.2, 0.25) is 5.95 Å². The van der Waals surface area contributed by atoms with E-state index in [2.05, 4.69) is 39.7 Å². The van der Waals surface area contributed by atoms with Crippen LogP contribution in [0.1, 0.15) is 12.0 Å². The Morgan fingerprint density at radius 3 is 2.70 bits per heavy atom. The van der Waals surface area contributed by atoms with Crippen LogP contribution >= 0.6 is 0 Å². The average molecular weight is 272 g/mol. The first-order chi connectivity index (χ1) is 9.78.